The lowest BCUT2D eigenvalue weighted by Crippen LogP contribution is -2.50. The van der Waals surface area contributed by atoms with Crippen molar-refractivity contribution >= 4 is 17.7 Å². The molecule has 8 heteroatoms. The zero-order valence-corrected chi connectivity index (χ0v) is 19.1. The Kier molecular flexibility index (Phi) is 9.43. The lowest BCUT2D eigenvalue weighted by Gasteiger charge is -2.36. The van der Waals surface area contributed by atoms with E-state index in [9.17, 15) is 14.7 Å². The van der Waals surface area contributed by atoms with Crippen LogP contribution >= 0.6 is 0 Å². The summed E-state index contributed by atoms with van der Waals surface area (Å²) in [6.07, 6.45) is 3.49. The molecule has 0 spiro atoms. The number of anilines is 1. The number of carbonyl (C=O) groups is 2. The van der Waals surface area contributed by atoms with Crippen LogP contribution in [0.3, 0.4) is 0 Å². The molecular weight excluding hydrogens is 400 g/mol. The van der Waals surface area contributed by atoms with Crippen LogP contribution in [0.5, 0.6) is 5.75 Å². The van der Waals surface area contributed by atoms with Crippen molar-refractivity contribution < 1.29 is 28.9 Å². The van der Waals surface area contributed by atoms with Crippen LogP contribution in [0.25, 0.3) is 0 Å². The summed E-state index contributed by atoms with van der Waals surface area (Å²) >= 11 is 0. The molecule has 0 atom stereocenters. The molecule has 0 aromatic heterocycles. The van der Waals surface area contributed by atoms with Gasteiger partial charge in [-0.05, 0) is 71.2 Å². The van der Waals surface area contributed by atoms with Gasteiger partial charge in [-0.15, -0.1) is 0 Å². The predicted molar refractivity (Wildman–Crippen MR) is 118 cm³/mol. The van der Waals surface area contributed by atoms with Crippen LogP contribution in [0.1, 0.15) is 47.0 Å². The normalized spacial score (nSPS) is 16.6. The second-order valence-corrected chi connectivity index (χ2v) is 8.64. The molecule has 1 aromatic carbocycles. The molecule has 2 aliphatic rings. The summed E-state index contributed by atoms with van der Waals surface area (Å²) < 4.78 is 15.3. The summed E-state index contributed by atoms with van der Waals surface area (Å²) in [6, 6.07) is 7.13. The van der Waals surface area contributed by atoms with Gasteiger partial charge in [0.25, 0.3) is 0 Å². The molecule has 31 heavy (non-hydrogen) atoms. The van der Waals surface area contributed by atoms with E-state index in [0.29, 0.717) is 25.8 Å². The number of phenolic OH excluding ortho intramolecular Hbond substituents is 1. The number of piperazine rings is 1. The van der Waals surface area contributed by atoms with Gasteiger partial charge in [-0.25, -0.2) is 9.59 Å². The quantitative estimate of drug-likeness (QED) is 0.706. The average molecular weight is 437 g/mol. The van der Waals surface area contributed by atoms with Gasteiger partial charge in [-0.3, -0.25) is 0 Å². The zero-order valence-electron chi connectivity index (χ0n) is 19.1. The number of amides is 1. The number of benzene rings is 1. The number of esters is 1. The van der Waals surface area contributed by atoms with Crippen LogP contribution in [-0.4, -0.2) is 73.2 Å². The largest absolute Gasteiger partial charge is 0.508 e. The fourth-order valence-electron chi connectivity index (χ4n) is 3.06. The fourth-order valence-corrected chi connectivity index (χ4v) is 3.06. The molecule has 1 saturated carbocycles. The topological polar surface area (TPSA) is 88.5 Å². The molecule has 0 unspecified atom stereocenters. The highest BCUT2D eigenvalue weighted by Gasteiger charge is 2.25. The van der Waals surface area contributed by atoms with E-state index < -0.39 is 5.60 Å². The van der Waals surface area contributed by atoms with Crippen molar-refractivity contribution in [1.82, 2.24) is 4.90 Å². The summed E-state index contributed by atoms with van der Waals surface area (Å²) in [6.45, 7) is 10.8. The molecule has 8 nitrogen and oxygen atoms in total. The van der Waals surface area contributed by atoms with E-state index in [-0.39, 0.29) is 24.4 Å². The average Bonchev–Trinajstić information content (AvgIpc) is 2.67. The van der Waals surface area contributed by atoms with Crippen LogP contribution in [0.4, 0.5) is 10.5 Å². The smallest absolute Gasteiger partial charge is 0.410 e. The van der Waals surface area contributed by atoms with Gasteiger partial charge in [-0.2, -0.15) is 0 Å². The van der Waals surface area contributed by atoms with E-state index in [1.165, 1.54) is 6.42 Å². The molecule has 1 N–H and O–H groups in total. The summed E-state index contributed by atoms with van der Waals surface area (Å²) in [4.78, 5) is 26.6. The standard InChI is InChI=1S/C15H22N2O3.C8H14O3/c1-15(2,3)20-14(19)17-10-8-16(9-11-17)12-4-6-13(18)7-5-12;1-2-10-8(9)6-11-7-4-3-5-7/h4-7,18H,8-11H2,1-3H3;7H,2-6H2,1H3. The minimum atomic E-state index is -0.453. The Labute approximate surface area is 185 Å². The molecule has 2 fully saturated rings. The second kappa shape index (κ2) is 11.8. The highest BCUT2D eigenvalue weighted by atomic mass is 16.6. The van der Waals surface area contributed by atoms with Gasteiger partial charge < -0.3 is 29.1 Å². The molecule has 1 saturated heterocycles. The number of aromatic hydroxyl groups is 1. The second-order valence-electron chi connectivity index (χ2n) is 8.64. The van der Waals surface area contributed by atoms with Crippen LogP contribution in [0, 0.1) is 0 Å². The van der Waals surface area contributed by atoms with E-state index in [1.54, 1.807) is 24.0 Å². The molecule has 0 bridgehead atoms. The monoisotopic (exact) mass is 436 g/mol. The first-order chi connectivity index (χ1) is 14.7. The lowest BCUT2D eigenvalue weighted by atomic mass is 9.96. The van der Waals surface area contributed by atoms with Gasteiger partial charge in [0.15, 0.2) is 0 Å². The molecule has 174 valence electrons. The van der Waals surface area contributed by atoms with Crippen LogP contribution in [-0.2, 0) is 19.0 Å². The number of hydrogen-bond donors (Lipinski definition) is 1. The van der Waals surface area contributed by atoms with E-state index >= 15 is 0 Å². The maximum Gasteiger partial charge on any atom is 0.410 e. The Balaban J connectivity index is 0.000000262. The van der Waals surface area contributed by atoms with E-state index in [1.807, 2.05) is 32.9 Å². The van der Waals surface area contributed by atoms with Crippen molar-refractivity contribution in [2.75, 3.05) is 44.3 Å². The zero-order chi connectivity index (χ0) is 22.9. The summed E-state index contributed by atoms with van der Waals surface area (Å²) in [5.41, 5.74) is 0.609. The van der Waals surface area contributed by atoms with Crippen molar-refractivity contribution in [1.29, 1.82) is 0 Å². The molecule has 3 rings (SSSR count). The van der Waals surface area contributed by atoms with Crippen molar-refractivity contribution in [2.24, 2.45) is 0 Å². The van der Waals surface area contributed by atoms with Gasteiger partial charge in [0.05, 0.1) is 12.7 Å². The molecule has 0 radical (unpaired) electrons. The highest BCUT2D eigenvalue weighted by Crippen LogP contribution is 2.22. The predicted octanol–water partition coefficient (Wildman–Crippen LogP) is 3.57. The maximum atomic E-state index is 12.0. The van der Waals surface area contributed by atoms with E-state index in [2.05, 4.69) is 4.90 Å². The van der Waals surface area contributed by atoms with Crippen LogP contribution in [0.2, 0.25) is 0 Å². The van der Waals surface area contributed by atoms with Crippen LogP contribution < -0.4 is 4.90 Å². The molecule has 1 amide bonds. The van der Waals surface area contributed by atoms with E-state index in [4.69, 9.17) is 14.2 Å². The molecular formula is C23H36N2O6. The van der Waals surface area contributed by atoms with Crippen molar-refractivity contribution in [3.05, 3.63) is 24.3 Å². The number of ether oxygens (including phenoxy) is 3. The van der Waals surface area contributed by atoms with Crippen molar-refractivity contribution in [3.8, 4) is 5.75 Å². The Hall–Kier alpha value is -2.48. The number of hydrogen-bond acceptors (Lipinski definition) is 7. The van der Waals surface area contributed by atoms with Gasteiger partial charge in [0, 0.05) is 31.9 Å². The SMILES string of the molecule is CC(C)(C)OC(=O)N1CCN(c2ccc(O)cc2)CC1.CCOC(=O)COC1CCC1. The Morgan fingerprint density at radius 1 is 1.06 bits per heavy atom. The Morgan fingerprint density at radius 2 is 1.68 bits per heavy atom. The summed E-state index contributed by atoms with van der Waals surface area (Å²) in [5.74, 6) is 0.0144. The molecule has 1 aliphatic heterocycles. The van der Waals surface area contributed by atoms with Gasteiger partial charge in [0.1, 0.15) is 18.0 Å². The van der Waals surface area contributed by atoms with Gasteiger partial charge in [0.2, 0.25) is 0 Å². The minimum Gasteiger partial charge on any atom is -0.508 e. The fraction of sp³-hybridized carbons (Fsp3) is 0.652. The number of phenols is 1. The maximum absolute atomic E-state index is 12.0. The number of nitrogens with zero attached hydrogens (tertiary/aromatic N) is 2. The first-order valence-electron chi connectivity index (χ1n) is 11.0. The highest BCUT2D eigenvalue weighted by molar-refractivity contribution is 5.70. The van der Waals surface area contributed by atoms with E-state index in [0.717, 1.165) is 31.6 Å². The van der Waals surface area contributed by atoms with Gasteiger partial charge in [-0.1, -0.05) is 0 Å². The molecule has 1 heterocycles. The first kappa shape index (κ1) is 24.8. The van der Waals surface area contributed by atoms with Crippen molar-refractivity contribution in [2.45, 2.75) is 58.7 Å². The van der Waals surface area contributed by atoms with Crippen LogP contribution in [0.15, 0.2) is 24.3 Å². The first-order valence-corrected chi connectivity index (χ1v) is 11.0. The number of rotatable bonds is 5. The third-order valence-electron chi connectivity index (χ3n) is 4.94. The molecule has 1 aliphatic carbocycles. The Morgan fingerprint density at radius 3 is 2.16 bits per heavy atom. The third kappa shape index (κ3) is 9.04. The Bertz CT molecular complexity index is 689. The summed E-state index contributed by atoms with van der Waals surface area (Å²) in [5, 5.41) is 9.29. The lowest BCUT2D eigenvalue weighted by molar-refractivity contribution is -0.152. The van der Waals surface area contributed by atoms with Gasteiger partial charge >= 0.3 is 12.1 Å². The molecule has 1 aromatic rings. The number of carbonyl (C=O) groups excluding carboxylic acids is 2. The summed E-state index contributed by atoms with van der Waals surface area (Å²) in [7, 11) is 0. The third-order valence-corrected chi connectivity index (χ3v) is 4.94. The van der Waals surface area contributed by atoms with Crippen molar-refractivity contribution in [3.63, 3.8) is 0 Å². The minimum absolute atomic E-state index is 0.124.